The van der Waals surface area contributed by atoms with Crippen LogP contribution in [0.25, 0.3) is 33.2 Å². The molecule has 2 aromatic carbocycles. The van der Waals surface area contributed by atoms with E-state index in [1.807, 2.05) is 54.9 Å². The SMILES string of the molecule is CONCc1ccc(-c2cccc(-c3cccc4[nH]ncc34)c2Cl)cn1. The molecule has 0 amide bonds. The molecule has 0 unspecified atom stereocenters. The molecule has 4 rings (SSSR count). The predicted molar refractivity (Wildman–Crippen MR) is 104 cm³/mol. The molecule has 2 N–H and O–H groups in total. The van der Waals surface area contributed by atoms with E-state index in [9.17, 15) is 0 Å². The smallest absolute Gasteiger partial charge is 0.0656 e. The molecule has 0 aliphatic heterocycles. The number of aromatic nitrogens is 3. The second-order valence-electron chi connectivity index (χ2n) is 5.87. The van der Waals surface area contributed by atoms with E-state index >= 15 is 0 Å². The number of nitrogens with one attached hydrogen (secondary N) is 2. The number of hydrogen-bond donors (Lipinski definition) is 2. The molecule has 6 heteroatoms. The summed E-state index contributed by atoms with van der Waals surface area (Å²) in [4.78, 5) is 9.32. The topological polar surface area (TPSA) is 62.8 Å². The third-order valence-corrected chi connectivity index (χ3v) is 4.71. The number of benzene rings is 2. The van der Waals surface area contributed by atoms with Crippen LogP contribution in [0.1, 0.15) is 5.69 Å². The molecule has 130 valence electrons. The quantitative estimate of drug-likeness (QED) is 0.508. The molecule has 0 radical (unpaired) electrons. The molecule has 0 atom stereocenters. The Hall–Kier alpha value is -2.73. The Labute approximate surface area is 155 Å². The van der Waals surface area contributed by atoms with Gasteiger partial charge < -0.3 is 4.84 Å². The van der Waals surface area contributed by atoms with Crippen molar-refractivity contribution in [3.63, 3.8) is 0 Å². The number of fused-ring (bicyclic) bond motifs is 1. The lowest BCUT2D eigenvalue weighted by Gasteiger charge is -2.11. The zero-order valence-electron chi connectivity index (χ0n) is 14.2. The standard InChI is InChI=1S/C20H17ClN4O/c1-26-24-11-14-9-8-13(10-22-14)15-4-2-6-17(20(15)21)16-5-3-7-19-18(16)12-23-25-19/h2-10,12,24H,11H2,1H3,(H,23,25). The fraction of sp³-hybridized carbons (Fsp3) is 0.100. The summed E-state index contributed by atoms with van der Waals surface area (Å²) in [5, 5.41) is 8.88. The van der Waals surface area contributed by atoms with E-state index in [0.29, 0.717) is 11.6 Å². The third kappa shape index (κ3) is 3.08. The van der Waals surface area contributed by atoms with Crippen LogP contribution in [-0.2, 0) is 11.4 Å². The van der Waals surface area contributed by atoms with E-state index < -0.39 is 0 Å². The van der Waals surface area contributed by atoms with Gasteiger partial charge in [0.2, 0.25) is 0 Å². The van der Waals surface area contributed by atoms with Crippen molar-refractivity contribution >= 4 is 22.5 Å². The maximum Gasteiger partial charge on any atom is 0.0656 e. The van der Waals surface area contributed by atoms with Gasteiger partial charge in [0.05, 0.1) is 36.1 Å². The Morgan fingerprint density at radius 2 is 1.81 bits per heavy atom. The lowest BCUT2D eigenvalue weighted by molar-refractivity contribution is 0.0858. The summed E-state index contributed by atoms with van der Waals surface area (Å²) in [5.74, 6) is 0. The van der Waals surface area contributed by atoms with Gasteiger partial charge in [-0.05, 0) is 17.7 Å². The van der Waals surface area contributed by atoms with E-state index in [1.54, 1.807) is 7.11 Å². The Morgan fingerprint density at radius 3 is 2.62 bits per heavy atom. The maximum absolute atomic E-state index is 6.78. The zero-order valence-corrected chi connectivity index (χ0v) is 14.9. The highest BCUT2D eigenvalue weighted by Gasteiger charge is 2.13. The third-order valence-electron chi connectivity index (χ3n) is 4.31. The number of pyridine rings is 1. The van der Waals surface area contributed by atoms with Gasteiger partial charge in [-0.3, -0.25) is 10.1 Å². The number of rotatable bonds is 5. The van der Waals surface area contributed by atoms with Gasteiger partial charge >= 0.3 is 0 Å². The van der Waals surface area contributed by atoms with Crippen molar-refractivity contribution in [3.8, 4) is 22.3 Å². The largest absolute Gasteiger partial charge is 0.305 e. The minimum absolute atomic E-state index is 0.549. The second kappa shape index (κ2) is 7.25. The van der Waals surface area contributed by atoms with Gasteiger partial charge in [0, 0.05) is 28.3 Å². The molecule has 0 saturated carbocycles. The van der Waals surface area contributed by atoms with Crippen molar-refractivity contribution in [2.75, 3.05) is 7.11 Å². The van der Waals surface area contributed by atoms with Crippen LogP contribution in [0.15, 0.2) is 60.9 Å². The number of halogens is 1. The van der Waals surface area contributed by atoms with E-state index in [0.717, 1.165) is 38.9 Å². The molecule has 5 nitrogen and oxygen atoms in total. The maximum atomic E-state index is 6.78. The van der Waals surface area contributed by atoms with Gasteiger partial charge in [0.25, 0.3) is 0 Å². The highest BCUT2D eigenvalue weighted by molar-refractivity contribution is 6.36. The fourth-order valence-electron chi connectivity index (χ4n) is 3.00. The van der Waals surface area contributed by atoms with Gasteiger partial charge in [-0.1, -0.05) is 48.0 Å². The molecule has 0 saturated heterocycles. The first-order valence-corrected chi connectivity index (χ1v) is 8.58. The highest BCUT2D eigenvalue weighted by Crippen LogP contribution is 2.38. The fourth-order valence-corrected chi connectivity index (χ4v) is 3.34. The molecule has 0 spiro atoms. The molecule has 0 aliphatic rings. The van der Waals surface area contributed by atoms with Gasteiger partial charge in [-0.2, -0.15) is 10.6 Å². The van der Waals surface area contributed by atoms with Crippen LogP contribution in [0.4, 0.5) is 0 Å². The average Bonchev–Trinajstić information content (AvgIpc) is 3.16. The number of aromatic amines is 1. The van der Waals surface area contributed by atoms with Crippen LogP contribution in [-0.4, -0.2) is 22.3 Å². The van der Waals surface area contributed by atoms with E-state index in [1.165, 1.54) is 0 Å². The van der Waals surface area contributed by atoms with Gasteiger partial charge in [-0.25, -0.2) is 0 Å². The minimum atomic E-state index is 0.549. The Balaban J connectivity index is 1.76. The lowest BCUT2D eigenvalue weighted by atomic mass is 9.97. The molecule has 4 aromatic rings. The number of hydroxylamine groups is 1. The van der Waals surface area contributed by atoms with Crippen molar-refractivity contribution in [2.24, 2.45) is 0 Å². The summed E-state index contributed by atoms with van der Waals surface area (Å²) >= 11 is 6.78. The van der Waals surface area contributed by atoms with E-state index in [-0.39, 0.29) is 0 Å². The van der Waals surface area contributed by atoms with Crippen LogP contribution in [0.5, 0.6) is 0 Å². The second-order valence-corrected chi connectivity index (χ2v) is 6.25. The van der Waals surface area contributed by atoms with Gasteiger partial charge in [0.1, 0.15) is 0 Å². The van der Waals surface area contributed by atoms with E-state index in [4.69, 9.17) is 16.4 Å². The molecule has 2 heterocycles. The number of H-pyrrole nitrogens is 1. The monoisotopic (exact) mass is 364 g/mol. The molecule has 0 bridgehead atoms. The summed E-state index contributed by atoms with van der Waals surface area (Å²) in [5.41, 5.74) is 8.61. The van der Waals surface area contributed by atoms with E-state index in [2.05, 4.69) is 26.7 Å². The average molecular weight is 365 g/mol. The number of hydrogen-bond acceptors (Lipinski definition) is 4. The molecular weight excluding hydrogens is 348 g/mol. The molecule has 0 fully saturated rings. The summed E-state index contributed by atoms with van der Waals surface area (Å²) in [6.07, 6.45) is 3.66. The summed E-state index contributed by atoms with van der Waals surface area (Å²) in [7, 11) is 1.58. The zero-order chi connectivity index (χ0) is 17.9. The summed E-state index contributed by atoms with van der Waals surface area (Å²) in [6.45, 7) is 0.549. The molecular formula is C20H17ClN4O. The van der Waals surface area contributed by atoms with Crippen LogP contribution < -0.4 is 5.48 Å². The first-order valence-electron chi connectivity index (χ1n) is 8.20. The van der Waals surface area contributed by atoms with Crippen molar-refractivity contribution in [1.29, 1.82) is 0 Å². The summed E-state index contributed by atoms with van der Waals surface area (Å²) in [6, 6.07) is 16.1. The van der Waals surface area contributed by atoms with Crippen molar-refractivity contribution < 1.29 is 4.84 Å². The first kappa shape index (κ1) is 16.7. The first-order chi connectivity index (χ1) is 12.8. The predicted octanol–water partition coefficient (Wildman–Crippen LogP) is 4.60. The van der Waals surface area contributed by atoms with Gasteiger partial charge in [0.15, 0.2) is 0 Å². The normalized spacial score (nSPS) is 11.2. The van der Waals surface area contributed by atoms with Crippen LogP contribution in [0, 0.1) is 0 Å². The highest BCUT2D eigenvalue weighted by atomic mass is 35.5. The molecule has 26 heavy (non-hydrogen) atoms. The Bertz CT molecular complexity index is 1040. The van der Waals surface area contributed by atoms with Crippen LogP contribution in [0.2, 0.25) is 5.02 Å². The Morgan fingerprint density at radius 1 is 1.00 bits per heavy atom. The van der Waals surface area contributed by atoms with Crippen molar-refractivity contribution in [1.82, 2.24) is 20.7 Å². The summed E-state index contributed by atoms with van der Waals surface area (Å²) < 4.78 is 0. The minimum Gasteiger partial charge on any atom is -0.305 e. The van der Waals surface area contributed by atoms with Gasteiger partial charge in [-0.15, -0.1) is 0 Å². The number of nitrogens with zero attached hydrogens (tertiary/aromatic N) is 2. The van der Waals surface area contributed by atoms with Crippen molar-refractivity contribution in [2.45, 2.75) is 6.54 Å². The van der Waals surface area contributed by atoms with Crippen molar-refractivity contribution in [3.05, 3.63) is 71.6 Å². The van der Waals surface area contributed by atoms with Crippen LogP contribution in [0.3, 0.4) is 0 Å². The molecule has 0 aliphatic carbocycles. The molecule has 2 aromatic heterocycles. The van der Waals surface area contributed by atoms with Crippen LogP contribution >= 0.6 is 11.6 Å². The lowest BCUT2D eigenvalue weighted by Crippen LogP contribution is -2.11. The Kier molecular flexibility index (Phi) is 4.67.